The Labute approximate surface area is 212 Å². The van der Waals surface area contributed by atoms with Gasteiger partial charge < -0.3 is 4.90 Å². The summed E-state index contributed by atoms with van der Waals surface area (Å²) in [7, 11) is 0.176. The minimum absolute atomic E-state index is 0.143. The van der Waals surface area contributed by atoms with E-state index >= 15 is 0 Å². The first-order chi connectivity index (χ1) is 17.4. The predicted molar refractivity (Wildman–Crippen MR) is 152 cm³/mol. The number of hydrogen-bond donors (Lipinski definition) is 0. The Morgan fingerprint density at radius 2 is 1.17 bits per heavy atom. The lowest BCUT2D eigenvalue weighted by atomic mass is 9.90. The minimum atomic E-state index is -3.85. The van der Waals surface area contributed by atoms with Crippen LogP contribution in [0.15, 0.2) is 121 Å². The number of benzene rings is 5. The smallest absolute Gasteiger partial charge is 0.264 e. The quantitative estimate of drug-likeness (QED) is 0.227. The standard InChI is InChI=1S/C31H28N2O2S/c1-4-22-33(36(34,35)25-14-6-5-7-15-25)29-21-19-24-13-9-11-17-27(24)31(29)30-26-16-10-8-12-23(26)18-20-28(30)32(2)3/h4-21H,1,22H2,2-3H3. The van der Waals surface area contributed by atoms with Crippen LogP contribution in [0.25, 0.3) is 32.7 Å². The molecule has 5 aromatic carbocycles. The molecule has 0 atom stereocenters. The van der Waals surface area contributed by atoms with Crippen LogP contribution in [0.2, 0.25) is 0 Å². The third kappa shape index (κ3) is 4.01. The average molecular weight is 493 g/mol. The highest BCUT2D eigenvalue weighted by atomic mass is 32.2. The Morgan fingerprint density at radius 1 is 0.667 bits per heavy atom. The van der Waals surface area contributed by atoms with Crippen LogP contribution in [0.1, 0.15) is 0 Å². The van der Waals surface area contributed by atoms with Crippen molar-refractivity contribution >= 4 is 42.9 Å². The van der Waals surface area contributed by atoms with Gasteiger partial charge in [-0.2, -0.15) is 0 Å². The number of nitrogens with zero attached hydrogens (tertiary/aromatic N) is 2. The molecule has 36 heavy (non-hydrogen) atoms. The van der Waals surface area contributed by atoms with Crippen LogP contribution in [0, 0.1) is 0 Å². The molecule has 0 aliphatic carbocycles. The predicted octanol–water partition coefficient (Wildman–Crippen LogP) is 7.11. The molecule has 0 aliphatic rings. The maximum Gasteiger partial charge on any atom is 0.264 e. The van der Waals surface area contributed by atoms with E-state index in [2.05, 4.69) is 47.9 Å². The third-order valence-electron chi connectivity index (χ3n) is 6.44. The molecule has 0 fully saturated rings. The van der Waals surface area contributed by atoms with Gasteiger partial charge in [0.05, 0.1) is 17.1 Å². The van der Waals surface area contributed by atoms with Gasteiger partial charge in [-0.15, -0.1) is 6.58 Å². The van der Waals surface area contributed by atoms with Crippen LogP contribution >= 0.6 is 0 Å². The zero-order valence-corrected chi connectivity index (χ0v) is 21.2. The Kier molecular flexibility index (Phi) is 6.25. The first kappa shape index (κ1) is 23.6. The second-order valence-corrected chi connectivity index (χ2v) is 10.8. The van der Waals surface area contributed by atoms with E-state index in [1.165, 1.54) is 4.31 Å². The Bertz CT molecular complexity index is 1680. The summed E-state index contributed by atoms with van der Waals surface area (Å²) >= 11 is 0. The van der Waals surface area contributed by atoms with Crippen molar-refractivity contribution in [3.05, 3.63) is 116 Å². The second kappa shape index (κ2) is 9.51. The van der Waals surface area contributed by atoms with Gasteiger partial charge in [0, 0.05) is 30.9 Å². The summed E-state index contributed by atoms with van der Waals surface area (Å²) in [6.07, 6.45) is 1.63. The molecule has 180 valence electrons. The fourth-order valence-electron chi connectivity index (χ4n) is 4.79. The molecule has 0 aliphatic heterocycles. The zero-order chi connectivity index (χ0) is 25.3. The maximum absolute atomic E-state index is 14.0. The molecule has 0 aromatic heterocycles. The maximum atomic E-state index is 14.0. The molecule has 0 radical (unpaired) electrons. The molecule has 0 saturated heterocycles. The van der Waals surface area contributed by atoms with E-state index < -0.39 is 10.0 Å². The van der Waals surface area contributed by atoms with Gasteiger partial charge in [-0.3, -0.25) is 4.31 Å². The molecule has 0 heterocycles. The van der Waals surface area contributed by atoms with Crippen LogP contribution in [-0.2, 0) is 10.0 Å². The number of anilines is 2. The molecule has 0 N–H and O–H groups in total. The fourth-order valence-corrected chi connectivity index (χ4v) is 6.26. The lowest BCUT2D eigenvalue weighted by molar-refractivity contribution is 0.593. The minimum Gasteiger partial charge on any atom is -0.377 e. The lowest BCUT2D eigenvalue weighted by Crippen LogP contribution is -2.31. The summed E-state index contributed by atoms with van der Waals surface area (Å²) in [5.41, 5.74) is 3.52. The van der Waals surface area contributed by atoms with Crippen molar-refractivity contribution in [1.29, 1.82) is 0 Å². The fraction of sp³-hybridized carbons (Fsp3) is 0.0968. The second-order valence-electron chi connectivity index (χ2n) is 8.89. The van der Waals surface area contributed by atoms with Gasteiger partial charge in [0.25, 0.3) is 10.0 Å². The molecule has 5 rings (SSSR count). The van der Waals surface area contributed by atoms with Gasteiger partial charge in [-0.25, -0.2) is 8.42 Å². The van der Waals surface area contributed by atoms with E-state index in [1.807, 2.05) is 56.6 Å². The molecule has 0 unspecified atom stereocenters. The monoisotopic (exact) mass is 492 g/mol. The third-order valence-corrected chi connectivity index (χ3v) is 8.23. The van der Waals surface area contributed by atoms with Crippen molar-refractivity contribution in [1.82, 2.24) is 0 Å². The van der Waals surface area contributed by atoms with Crippen LogP contribution in [0.3, 0.4) is 0 Å². The zero-order valence-electron chi connectivity index (χ0n) is 20.4. The summed E-state index contributed by atoms with van der Waals surface area (Å²) in [4.78, 5) is 2.33. The Balaban J connectivity index is 1.93. The van der Waals surface area contributed by atoms with Crippen molar-refractivity contribution in [2.75, 3.05) is 29.8 Å². The van der Waals surface area contributed by atoms with Crippen molar-refractivity contribution in [3.8, 4) is 11.1 Å². The highest BCUT2D eigenvalue weighted by Crippen LogP contribution is 2.46. The summed E-state index contributed by atoms with van der Waals surface area (Å²) in [5.74, 6) is 0. The highest BCUT2D eigenvalue weighted by Gasteiger charge is 2.28. The van der Waals surface area contributed by atoms with Crippen LogP contribution in [-0.4, -0.2) is 29.1 Å². The summed E-state index contributed by atoms with van der Waals surface area (Å²) < 4.78 is 29.5. The number of rotatable bonds is 7. The molecule has 0 amide bonds. The van der Waals surface area contributed by atoms with Crippen molar-refractivity contribution in [2.45, 2.75) is 4.90 Å². The van der Waals surface area contributed by atoms with Gasteiger partial charge in [0.1, 0.15) is 0 Å². The largest absolute Gasteiger partial charge is 0.377 e. The van der Waals surface area contributed by atoms with E-state index in [-0.39, 0.29) is 11.4 Å². The van der Waals surface area contributed by atoms with E-state index in [0.717, 1.165) is 38.4 Å². The van der Waals surface area contributed by atoms with Crippen molar-refractivity contribution in [3.63, 3.8) is 0 Å². The normalized spacial score (nSPS) is 11.5. The number of fused-ring (bicyclic) bond motifs is 2. The van der Waals surface area contributed by atoms with Gasteiger partial charge >= 0.3 is 0 Å². The first-order valence-corrected chi connectivity index (χ1v) is 13.3. The molecule has 0 spiro atoms. The van der Waals surface area contributed by atoms with Crippen LogP contribution in [0.5, 0.6) is 0 Å². The molecular formula is C31H28N2O2S. The Morgan fingerprint density at radius 3 is 1.72 bits per heavy atom. The Hall–Kier alpha value is -4.09. The van der Waals surface area contributed by atoms with Crippen molar-refractivity contribution in [2.24, 2.45) is 0 Å². The van der Waals surface area contributed by atoms with Crippen LogP contribution in [0.4, 0.5) is 11.4 Å². The van der Waals surface area contributed by atoms with Gasteiger partial charge in [0.2, 0.25) is 0 Å². The van der Waals surface area contributed by atoms with E-state index in [1.54, 1.807) is 30.3 Å². The number of hydrogen-bond acceptors (Lipinski definition) is 3. The summed E-state index contributed by atoms with van der Waals surface area (Å²) in [5, 5.41) is 4.20. The van der Waals surface area contributed by atoms with Crippen molar-refractivity contribution < 1.29 is 8.42 Å². The number of sulfonamides is 1. The molecular weight excluding hydrogens is 464 g/mol. The summed E-state index contributed by atoms with van der Waals surface area (Å²) in [6.45, 7) is 4.02. The first-order valence-electron chi connectivity index (χ1n) is 11.8. The molecule has 0 saturated carbocycles. The van der Waals surface area contributed by atoms with Gasteiger partial charge in [-0.05, 0) is 45.8 Å². The van der Waals surface area contributed by atoms with Crippen LogP contribution < -0.4 is 9.21 Å². The van der Waals surface area contributed by atoms with E-state index in [9.17, 15) is 8.42 Å². The molecule has 5 heteroatoms. The average Bonchev–Trinajstić information content (AvgIpc) is 2.91. The topological polar surface area (TPSA) is 40.6 Å². The summed E-state index contributed by atoms with van der Waals surface area (Å²) in [6, 6.07) is 33.1. The lowest BCUT2D eigenvalue weighted by Gasteiger charge is -2.29. The van der Waals surface area contributed by atoms with Gasteiger partial charge in [-0.1, -0.05) is 84.9 Å². The highest BCUT2D eigenvalue weighted by molar-refractivity contribution is 7.92. The van der Waals surface area contributed by atoms with E-state index in [4.69, 9.17) is 0 Å². The molecule has 0 bridgehead atoms. The molecule has 4 nitrogen and oxygen atoms in total. The van der Waals surface area contributed by atoms with E-state index in [0.29, 0.717) is 5.69 Å². The van der Waals surface area contributed by atoms with Gasteiger partial charge in [0.15, 0.2) is 0 Å². The SMILES string of the molecule is C=CCN(c1ccc2ccccc2c1-c1c(N(C)C)ccc2ccccc12)S(=O)(=O)c1ccccc1. The molecule has 5 aromatic rings.